The van der Waals surface area contributed by atoms with Crippen LogP contribution in [0.5, 0.6) is 0 Å². The van der Waals surface area contributed by atoms with Crippen molar-refractivity contribution in [2.75, 3.05) is 5.73 Å². The van der Waals surface area contributed by atoms with Crippen LogP contribution in [0, 0.1) is 18.6 Å². The molecular formula is C15H13F2NO2. The van der Waals surface area contributed by atoms with E-state index in [0.29, 0.717) is 16.8 Å². The lowest BCUT2D eigenvalue weighted by Crippen LogP contribution is -2.08. The number of rotatable bonds is 3. The highest BCUT2D eigenvalue weighted by molar-refractivity contribution is 5.92. The van der Waals surface area contributed by atoms with Crippen LogP contribution in [0.25, 0.3) is 0 Å². The fourth-order valence-electron chi connectivity index (χ4n) is 1.80. The number of nitrogen functional groups attached to an aromatic ring is 1. The standard InChI is InChI=1S/C15H13F2NO2/c1-9-13(3-2-4-14(9)18)15(19)20-8-10-5-11(16)7-12(17)6-10/h2-7H,8,18H2,1H3. The molecule has 5 heteroatoms. The number of anilines is 1. The van der Waals surface area contributed by atoms with E-state index >= 15 is 0 Å². The Bertz CT molecular complexity index is 636. The molecule has 0 aliphatic carbocycles. The number of esters is 1. The van der Waals surface area contributed by atoms with Gasteiger partial charge in [0.25, 0.3) is 0 Å². The van der Waals surface area contributed by atoms with Gasteiger partial charge in [0.1, 0.15) is 18.2 Å². The normalized spacial score (nSPS) is 10.3. The van der Waals surface area contributed by atoms with Crippen LogP contribution < -0.4 is 5.73 Å². The smallest absolute Gasteiger partial charge is 0.338 e. The van der Waals surface area contributed by atoms with Crippen molar-refractivity contribution in [3.63, 3.8) is 0 Å². The van der Waals surface area contributed by atoms with Gasteiger partial charge in [0.2, 0.25) is 0 Å². The highest BCUT2D eigenvalue weighted by atomic mass is 19.1. The zero-order valence-electron chi connectivity index (χ0n) is 10.8. The molecule has 0 saturated carbocycles. The van der Waals surface area contributed by atoms with Crippen LogP contribution in [-0.2, 0) is 11.3 Å². The summed E-state index contributed by atoms with van der Waals surface area (Å²) in [6.07, 6.45) is 0. The number of halogens is 2. The van der Waals surface area contributed by atoms with Gasteiger partial charge in [0.05, 0.1) is 5.56 Å². The zero-order valence-corrected chi connectivity index (χ0v) is 10.8. The predicted octanol–water partition coefficient (Wildman–Crippen LogP) is 3.21. The molecular weight excluding hydrogens is 264 g/mol. The summed E-state index contributed by atoms with van der Waals surface area (Å²) in [6, 6.07) is 7.88. The van der Waals surface area contributed by atoms with Gasteiger partial charge in [-0.2, -0.15) is 0 Å². The first kappa shape index (κ1) is 14.0. The summed E-state index contributed by atoms with van der Waals surface area (Å²) in [5.41, 5.74) is 7.38. The van der Waals surface area contributed by atoms with Gasteiger partial charge in [-0.25, -0.2) is 13.6 Å². The minimum atomic E-state index is -0.712. The van der Waals surface area contributed by atoms with Crippen LogP contribution in [0.4, 0.5) is 14.5 Å². The van der Waals surface area contributed by atoms with Crippen molar-refractivity contribution in [3.8, 4) is 0 Å². The Morgan fingerprint density at radius 1 is 1.20 bits per heavy atom. The van der Waals surface area contributed by atoms with E-state index in [0.717, 1.165) is 18.2 Å². The predicted molar refractivity (Wildman–Crippen MR) is 71.1 cm³/mol. The van der Waals surface area contributed by atoms with Gasteiger partial charge >= 0.3 is 5.97 Å². The van der Waals surface area contributed by atoms with Crippen molar-refractivity contribution in [2.24, 2.45) is 0 Å². The van der Waals surface area contributed by atoms with Crippen LogP contribution in [-0.4, -0.2) is 5.97 Å². The number of ether oxygens (including phenoxy) is 1. The molecule has 0 atom stereocenters. The van der Waals surface area contributed by atoms with Gasteiger partial charge in [-0.1, -0.05) is 6.07 Å². The van der Waals surface area contributed by atoms with Crippen molar-refractivity contribution in [3.05, 3.63) is 64.7 Å². The summed E-state index contributed by atoms with van der Waals surface area (Å²) >= 11 is 0. The molecule has 0 fully saturated rings. The van der Waals surface area contributed by atoms with Crippen molar-refractivity contribution in [1.29, 1.82) is 0 Å². The molecule has 2 N–H and O–H groups in total. The van der Waals surface area contributed by atoms with Gasteiger partial charge in [-0.05, 0) is 42.3 Å². The quantitative estimate of drug-likeness (QED) is 0.692. The van der Waals surface area contributed by atoms with E-state index < -0.39 is 17.6 Å². The van der Waals surface area contributed by atoms with E-state index in [2.05, 4.69) is 0 Å². The first-order chi connectivity index (χ1) is 9.47. The Morgan fingerprint density at radius 3 is 2.50 bits per heavy atom. The van der Waals surface area contributed by atoms with E-state index in [-0.39, 0.29) is 12.2 Å². The molecule has 3 nitrogen and oxygen atoms in total. The number of carbonyl (C=O) groups excluding carboxylic acids is 1. The summed E-state index contributed by atoms with van der Waals surface area (Å²) < 4.78 is 31.0. The highest BCUT2D eigenvalue weighted by Crippen LogP contribution is 2.17. The molecule has 0 aliphatic heterocycles. The van der Waals surface area contributed by atoms with E-state index in [1.54, 1.807) is 25.1 Å². The Labute approximate surface area is 115 Å². The zero-order chi connectivity index (χ0) is 14.7. The summed E-state index contributed by atoms with van der Waals surface area (Å²) in [4.78, 5) is 11.9. The van der Waals surface area contributed by atoms with Crippen molar-refractivity contribution < 1.29 is 18.3 Å². The monoisotopic (exact) mass is 277 g/mol. The van der Waals surface area contributed by atoms with Crippen molar-refractivity contribution in [2.45, 2.75) is 13.5 Å². The summed E-state index contributed by atoms with van der Waals surface area (Å²) in [5.74, 6) is -2.01. The summed E-state index contributed by atoms with van der Waals surface area (Å²) in [6.45, 7) is 1.50. The molecule has 2 rings (SSSR count). The first-order valence-corrected chi connectivity index (χ1v) is 5.94. The number of nitrogens with two attached hydrogens (primary N) is 1. The maximum atomic E-state index is 13.0. The van der Waals surface area contributed by atoms with Crippen molar-refractivity contribution in [1.82, 2.24) is 0 Å². The van der Waals surface area contributed by atoms with Crippen LogP contribution in [0.2, 0.25) is 0 Å². The molecule has 0 saturated heterocycles. The lowest BCUT2D eigenvalue weighted by atomic mass is 10.1. The van der Waals surface area contributed by atoms with E-state index in [4.69, 9.17) is 10.5 Å². The number of hydrogen-bond donors (Lipinski definition) is 1. The molecule has 0 spiro atoms. The molecule has 0 unspecified atom stereocenters. The topological polar surface area (TPSA) is 52.3 Å². The van der Waals surface area contributed by atoms with E-state index in [9.17, 15) is 13.6 Å². The summed E-state index contributed by atoms with van der Waals surface area (Å²) in [5, 5.41) is 0. The lowest BCUT2D eigenvalue weighted by molar-refractivity contribution is 0.0471. The van der Waals surface area contributed by atoms with Crippen LogP contribution in [0.1, 0.15) is 21.5 Å². The van der Waals surface area contributed by atoms with E-state index in [1.165, 1.54) is 0 Å². The van der Waals surface area contributed by atoms with E-state index in [1.807, 2.05) is 0 Å². The SMILES string of the molecule is Cc1c(N)cccc1C(=O)OCc1cc(F)cc(F)c1. The van der Waals surface area contributed by atoms with Gasteiger partial charge < -0.3 is 10.5 Å². The fourth-order valence-corrected chi connectivity index (χ4v) is 1.80. The Kier molecular flexibility index (Phi) is 3.98. The average molecular weight is 277 g/mol. The lowest BCUT2D eigenvalue weighted by Gasteiger charge is -2.09. The average Bonchev–Trinajstić information content (AvgIpc) is 2.38. The largest absolute Gasteiger partial charge is 0.457 e. The molecule has 20 heavy (non-hydrogen) atoms. The van der Waals surface area contributed by atoms with Gasteiger partial charge in [0, 0.05) is 11.8 Å². The summed E-state index contributed by atoms with van der Waals surface area (Å²) in [7, 11) is 0. The molecule has 2 aromatic carbocycles. The molecule has 0 radical (unpaired) electrons. The molecule has 104 valence electrons. The molecule has 0 heterocycles. The Balaban J connectivity index is 2.10. The van der Waals surface area contributed by atoms with Gasteiger partial charge in [-0.15, -0.1) is 0 Å². The van der Waals surface area contributed by atoms with Crippen LogP contribution in [0.3, 0.4) is 0 Å². The molecule has 0 bridgehead atoms. The first-order valence-electron chi connectivity index (χ1n) is 5.94. The van der Waals surface area contributed by atoms with Crippen LogP contribution >= 0.6 is 0 Å². The molecule has 0 amide bonds. The number of benzene rings is 2. The Morgan fingerprint density at radius 2 is 1.85 bits per heavy atom. The molecule has 2 aromatic rings. The highest BCUT2D eigenvalue weighted by Gasteiger charge is 2.12. The second-order valence-corrected chi connectivity index (χ2v) is 4.37. The third-order valence-electron chi connectivity index (χ3n) is 2.89. The third-order valence-corrected chi connectivity index (χ3v) is 2.89. The molecule has 0 aliphatic rings. The third kappa shape index (κ3) is 3.12. The number of carbonyl (C=O) groups is 1. The maximum Gasteiger partial charge on any atom is 0.338 e. The maximum absolute atomic E-state index is 13.0. The van der Waals surface area contributed by atoms with Crippen LogP contribution in [0.15, 0.2) is 36.4 Å². The fraction of sp³-hybridized carbons (Fsp3) is 0.133. The minimum absolute atomic E-state index is 0.207. The van der Waals surface area contributed by atoms with Gasteiger partial charge in [-0.3, -0.25) is 0 Å². The van der Waals surface area contributed by atoms with Crippen molar-refractivity contribution >= 4 is 11.7 Å². The van der Waals surface area contributed by atoms with Gasteiger partial charge in [0.15, 0.2) is 0 Å². The second-order valence-electron chi connectivity index (χ2n) is 4.37. The number of hydrogen-bond acceptors (Lipinski definition) is 3. The Hall–Kier alpha value is -2.43. The molecule has 0 aromatic heterocycles. The second kappa shape index (κ2) is 5.69. The minimum Gasteiger partial charge on any atom is -0.457 e.